The van der Waals surface area contributed by atoms with Crippen molar-refractivity contribution in [2.24, 2.45) is 0 Å². The standard InChI is InChI=1S/C26H27FN4O3/c1-17-7-6-9-20(27)23(17)29-14-12-19(16-29)31-21-11-13-28-25(34-3)24(21)30(26(31)32)15-18-8-4-5-10-22(18)33-2/h4-11,13,19H,12,14-16H2,1-3H3/t19-/m1/s1. The van der Waals surface area contributed by atoms with Crippen LogP contribution in [-0.2, 0) is 6.54 Å². The maximum absolute atomic E-state index is 14.6. The van der Waals surface area contributed by atoms with Crippen LogP contribution in [0.3, 0.4) is 0 Å². The molecule has 1 fully saturated rings. The zero-order valence-corrected chi connectivity index (χ0v) is 19.5. The fraction of sp³-hybridized carbons (Fsp3) is 0.308. The maximum atomic E-state index is 14.6. The summed E-state index contributed by atoms with van der Waals surface area (Å²) in [5.74, 6) is 0.862. The van der Waals surface area contributed by atoms with E-state index in [1.54, 1.807) is 31.0 Å². The molecule has 0 radical (unpaired) electrons. The van der Waals surface area contributed by atoms with E-state index in [9.17, 15) is 9.18 Å². The minimum absolute atomic E-state index is 0.111. The highest BCUT2D eigenvalue weighted by molar-refractivity contribution is 5.81. The van der Waals surface area contributed by atoms with Crippen LogP contribution >= 0.6 is 0 Å². The Bertz CT molecular complexity index is 1390. The molecule has 0 saturated carbocycles. The quantitative estimate of drug-likeness (QED) is 0.431. The monoisotopic (exact) mass is 462 g/mol. The summed E-state index contributed by atoms with van der Waals surface area (Å²) < 4.78 is 29.2. The Hall–Kier alpha value is -3.81. The van der Waals surface area contributed by atoms with Crippen LogP contribution in [0.25, 0.3) is 11.0 Å². The van der Waals surface area contributed by atoms with E-state index in [4.69, 9.17) is 9.47 Å². The van der Waals surface area contributed by atoms with Crippen LogP contribution in [0.4, 0.5) is 10.1 Å². The fourth-order valence-electron chi connectivity index (χ4n) is 5.03. The van der Waals surface area contributed by atoms with Crippen LogP contribution in [0.1, 0.15) is 23.6 Å². The van der Waals surface area contributed by atoms with Gasteiger partial charge in [0.15, 0.2) is 0 Å². The number of rotatable bonds is 6. The van der Waals surface area contributed by atoms with Crippen molar-refractivity contribution in [2.75, 3.05) is 32.2 Å². The first kappa shape index (κ1) is 22.0. The van der Waals surface area contributed by atoms with Crippen LogP contribution in [0.2, 0.25) is 0 Å². The Morgan fingerprint density at radius 3 is 2.68 bits per heavy atom. The lowest BCUT2D eigenvalue weighted by Gasteiger charge is -2.21. The second kappa shape index (κ2) is 8.85. The van der Waals surface area contributed by atoms with Gasteiger partial charge in [0, 0.05) is 24.8 Å². The number of para-hydroxylation sites is 2. The van der Waals surface area contributed by atoms with Crippen molar-refractivity contribution in [3.8, 4) is 11.6 Å². The summed E-state index contributed by atoms with van der Waals surface area (Å²) >= 11 is 0. The van der Waals surface area contributed by atoms with Gasteiger partial charge in [0.1, 0.15) is 17.1 Å². The Balaban J connectivity index is 1.60. The van der Waals surface area contributed by atoms with Gasteiger partial charge in [0.05, 0.1) is 38.0 Å². The molecule has 3 heterocycles. The summed E-state index contributed by atoms with van der Waals surface area (Å²) in [6.07, 6.45) is 2.38. The molecular formula is C26H27FN4O3. The molecule has 1 saturated heterocycles. The van der Waals surface area contributed by atoms with E-state index in [1.807, 2.05) is 52.8 Å². The first-order valence-corrected chi connectivity index (χ1v) is 11.3. The zero-order valence-electron chi connectivity index (χ0n) is 19.5. The molecule has 4 aromatic rings. The number of pyridine rings is 1. The Labute approximate surface area is 197 Å². The first-order chi connectivity index (χ1) is 16.5. The Morgan fingerprint density at radius 1 is 1.09 bits per heavy atom. The van der Waals surface area contributed by atoms with E-state index >= 15 is 0 Å². The number of aromatic nitrogens is 3. The molecule has 2 aromatic heterocycles. The highest BCUT2D eigenvalue weighted by atomic mass is 19.1. The average Bonchev–Trinajstić information content (AvgIpc) is 3.42. The number of methoxy groups -OCH3 is 2. The number of fused-ring (bicyclic) bond motifs is 1. The fourth-order valence-corrected chi connectivity index (χ4v) is 5.03. The molecule has 5 rings (SSSR count). The van der Waals surface area contributed by atoms with Gasteiger partial charge in [0.25, 0.3) is 0 Å². The minimum atomic E-state index is -0.238. The van der Waals surface area contributed by atoms with Crippen molar-refractivity contribution in [1.29, 1.82) is 0 Å². The number of ether oxygens (including phenoxy) is 2. The molecule has 1 atom stereocenters. The van der Waals surface area contributed by atoms with E-state index < -0.39 is 0 Å². The summed E-state index contributed by atoms with van der Waals surface area (Å²) in [7, 11) is 3.17. The summed E-state index contributed by atoms with van der Waals surface area (Å²) in [6.45, 7) is 3.44. The van der Waals surface area contributed by atoms with Gasteiger partial charge in [-0.25, -0.2) is 14.2 Å². The van der Waals surface area contributed by atoms with Crippen molar-refractivity contribution in [3.63, 3.8) is 0 Å². The van der Waals surface area contributed by atoms with E-state index in [0.717, 1.165) is 23.1 Å². The van der Waals surface area contributed by atoms with E-state index in [0.29, 0.717) is 42.5 Å². The van der Waals surface area contributed by atoms with Crippen LogP contribution in [0.15, 0.2) is 59.5 Å². The largest absolute Gasteiger partial charge is 0.496 e. The minimum Gasteiger partial charge on any atom is -0.496 e. The van der Waals surface area contributed by atoms with Crippen molar-refractivity contribution in [3.05, 3.63) is 82.2 Å². The first-order valence-electron chi connectivity index (χ1n) is 11.3. The van der Waals surface area contributed by atoms with Gasteiger partial charge in [-0.2, -0.15) is 0 Å². The normalized spacial score (nSPS) is 15.8. The highest BCUT2D eigenvalue weighted by Gasteiger charge is 2.31. The third-order valence-electron chi connectivity index (χ3n) is 6.58. The molecule has 0 unspecified atom stereocenters. The van der Waals surface area contributed by atoms with Gasteiger partial charge in [-0.1, -0.05) is 30.3 Å². The van der Waals surface area contributed by atoms with Gasteiger partial charge in [-0.05, 0) is 37.1 Å². The maximum Gasteiger partial charge on any atom is 0.329 e. The molecule has 1 aliphatic heterocycles. The Morgan fingerprint density at radius 2 is 1.91 bits per heavy atom. The van der Waals surface area contributed by atoms with Crippen molar-refractivity contribution < 1.29 is 13.9 Å². The lowest BCUT2D eigenvalue weighted by molar-refractivity contribution is 0.399. The van der Waals surface area contributed by atoms with Gasteiger partial charge in [-0.15, -0.1) is 0 Å². The molecule has 0 bridgehead atoms. The molecule has 7 nitrogen and oxygen atoms in total. The second-order valence-electron chi connectivity index (χ2n) is 8.53. The lowest BCUT2D eigenvalue weighted by Crippen LogP contribution is -2.30. The zero-order chi connectivity index (χ0) is 23.8. The summed E-state index contributed by atoms with van der Waals surface area (Å²) in [6, 6.07) is 14.5. The van der Waals surface area contributed by atoms with Crippen LogP contribution in [0.5, 0.6) is 11.6 Å². The predicted octanol–water partition coefficient (Wildman–Crippen LogP) is 4.16. The number of anilines is 1. The number of benzene rings is 2. The molecule has 1 aliphatic rings. The lowest BCUT2D eigenvalue weighted by atomic mass is 10.2. The van der Waals surface area contributed by atoms with Crippen LogP contribution < -0.4 is 20.1 Å². The second-order valence-corrected chi connectivity index (χ2v) is 8.53. The van der Waals surface area contributed by atoms with E-state index in [2.05, 4.69) is 4.98 Å². The smallest absolute Gasteiger partial charge is 0.329 e. The van der Waals surface area contributed by atoms with Crippen molar-refractivity contribution in [2.45, 2.75) is 25.9 Å². The molecule has 0 amide bonds. The van der Waals surface area contributed by atoms with E-state index in [1.165, 1.54) is 6.07 Å². The molecular weight excluding hydrogens is 435 g/mol. The third kappa shape index (κ3) is 3.59. The van der Waals surface area contributed by atoms with Gasteiger partial charge in [-0.3, -0.25) is 9.13 Å². The number of aryl methyl sites for hydroxylation is 1. The molecule has 2 aromatic carbocycles. The predicted molar refractivity (Wildman–Crippen MR) is 130 cm³/mol. The van der Waals surface area contributed by atoms with Crippen LogP contribution in [-0.4, -0.2) is 41.4 Å². The van der Waals surface area contributed by atoms with Crippen molar-refractivity contribution in [1.82, 2.24) is 14.1 Å². The number of halogens is 1. The van der Waals surface area contributed by atoms with Gasteiger partial charge in [0.2, 0.25) is 5.88 Å². The average molecular weight is 463 g/mol. The summed E-state index contributed by atoms with van der Waals surface area (Å²) in [5, 5.41) is 0. The molecule has 8 heteroatoms. The molecule has 0 N–H and O–H groups in total. The third-order valence-corrected chi connectivity index (χ3v) is 6.58. The van der Waals surface area contributed by atoms with E-state index in [-0.39, 0.29) is 17.5 Å². The molecule has 0 spiro atoms. The molecule has 34 heavy (non-hydrogen) atoms. The number of hydrogen-bond donors (Lipinski definition) is 0. The van der Waals surface area contributed by atoms with Gasteiger partial charge >= 0.3 is 5.69 Å². The summed E-state index contributed by atoms with van der Waals surface area (Å²) in [4.78, 5) is 20.2. The number of imidazole rings is 1. The summed E-state index contributed by atoms with van der Waals surface area (Å²) in [5.41, 5.74) is 3.62. The number of hydrogen-bond acceptors (Lipinski definition) is 5. The SMILES string of the molecule is COc1ccccc1Cn1c(=O)n([C@@H]2CCN(c3c(C)cccc3F)C2)c2ccnc(OC)c21. The molecule has 176 valence electrons. The van der Waals surface area contributed by atoms with Crippen molar-refractivity contribution >= 4 is 16.7 Å². The number of nitrogens with zero attached hydrogens (tertiary/aromatic N) is 4. The molecule has 0 aliphatic carbocycles. The topological polar surface area (TPSA) is 61.5 Å². The van der Waals surface area contributed by atoms with Crippen LogP contribution in [0, 0.1) is 12.7 Å². The van der Waals surface area contributed by atoms with Gasteiger partial charge < -0.3 is 14.4 Å². The Kier molecular flexibility index (Phi) is 5.73. The highest BCUT2D eigenvalue weighted by Crippen LogP contribution is 2.34.